The number of rotatable bonds is 3. The van der Waals surface area contributed by atoms with Crippen LogP contribution in [0.1, 0.15) is 13.8 Å². The van der Waals surface area contributed by atoms with Crippen molar-refractivity contribution in [1.82, 2.24) is 0 Å². The number of nitrogens with zero attached hydrogens (tertiary/aromatic N) is 1. The zero-order chi connectivity index (χ0) is 8.91. The molecule has 0 aromatic rings. The molecule has 0 unspecified atom stereocenters. The SMILES string of the molecule is CC=CC(=O)O[N+](C)(C)CC. The second-order valence-corrected chi connectivity index (χ2v) is 2.80. The van der Waals surface area contributed by atoms with Crippen LogP contribution in [0.15, 0.2) is 12.2 Å². The van der Waals surface area contributed by atoms with Gasteiger partial charge in [0.15, 0.2) is 0 Å². The summed E-state index contributed by atoms with van der Waals surface area (Å²) in [5.74, 6) is -0.292. The number of allylic oxidation sites excluding steroid dienone is 1. The fourth-order valence-corrected chi connectivity index (χ4v) is 0.475. The second-order valence-electron chi connectivity index (χ2n) is 2.80. The van der Waals surface area contributed by atoms with Gasteiger partial charge in [-0.25, -0.2) is 4.79 Å². The average molecular weight is 158 g/mol. The molecule has 0 amide bonds. The summed E-state index contributed by atoms with van der Waals surface area (Å²) in [5.41, 5.74) is 0. The highest BCUT2D eigenvalue weighted by atomic mass is 16.7. The van der Waals surface area contributed by atoms with Gasteiger partial charge in [0.25, 0.3) is 0 Å². The molecule has 0 aliphatic heterocycles. The molecule has 0 saturated heterocycles. The lowest BCUT2D eigenvalue weighted by molar-refractivity contribution is -1.06. The number of hydroxylamine groups is 3. The Morgan fingerprint density at radius 1 is 1.55 bits per heavy atom. The van der Waals surface area contributed by atoms with E-state index in [1.807, 2.05) is 21.0 Å². The summed E-state index contributed by atoms with van der Waals surface area (Å²) < 4.78 is 0.267. The van der Waals surface area contributed by atoms with Crippen LogP contribution in [0.4, 0.5) is 0 Å². The summed E-state index contributed by atoms with van der Waals surface area (Å²) in [6, 6.07) is 0. The van der Waals surface area contributed by atoms with E-state index in [4.69, 9.17) is 4.84 Å². The van der Waals surface area contributed by atoms with Crippen molar-refractivity contribution in [2.75, 3.05) is 20.6 Å². The van der Waals surface area contributed by atoms with Gasteiger partial charge in [0.1, 0.15) is 20.6 Å². The molecule has 0 fully saturated rings. The molecule has 0 heterocycles. The minimum atomic E-state index is -0.292. The maximum atomic E-state index is 10.9. The highest BCUT2D eigenvalue weighted by molar-refractivity contribution is 5.81. The minimum absolute atomic E-state index is 0.267. The third-order valence-corrected chi connectivity index (χ3v) is 1.40. The van der Waals surface area contributed by atoms with Crippen LogP contribution in [0.2, 0.25) is 0 Å². The lowest BCUT2D eigenvalue weighted by Crippen LogP contribution is -2.40. The van der Waals surface area contributed by atoms with Crippen molar-refractivity contribution in [3.8, 4) is 0 Å². The molecule has 0 atom stereocenters. The summed E-state index contributed by atoms with van der Waals surface area (Å²) in [4.78, 5) is 15.9. The zero-order valence-corrected chi connectivity index (χ0v) is 7.63. The Labute approximate surface area is 67.8 Å². The summed E-state index contributed by atoms with van der Waals surface area (Å²) in [6.45, 7) is 4.51. The Hall–Kier alpha value is -0.830. The first-order valence-corrected chi connectivity index (χ1v) is 3.71. The van der Waals surface area contributed by atoms with Crippen molar-refractivity contribution >= 4 is 5.97 Å². The van der Waals surface area contributed by atoms with Gasteiger partial charge in [-0.1, -0.05) is 6.08 Å². The third-order valence-electron chi connectivity index (χ3n) is 1.40. The van der Waals surface area contributed by atoms with Gasteiger partial charge in [-0.2, -0.15) is 0 Å². The van der Waals surface area contributed by atoms with Crippen LogP contribution < -0.4 is 0 Å². The van der Waals surface area contributed by atoms with Crippen molar-refractivity contribution in [3.63, 3.8) is 0 Å². The topological polar surface area (TPSA) is 26.3 Å². The number of hydrogen-bond donors (Lipinski definition) is 0. The van der Waals surface area contributed by atoms with Crippen LogP contribution in [0, 0.1) is 0 Å². The first-order chi connectivity index (χ1) is 5.02. The molecule has 0 aliphatic rings. The van der Waals surface area contributed by atoms with E-state index in [0.717, 1.165) is 6.54 Å². The molecule has 3 nitrogen and oxygen atoms in total. The van der Waals surface area contributed by atoms with E-state index in [1.165, 1.54) is 6.08 Å². The molecular formula is C8H16NO2+. The second kappa shape index (κ2) is 4.13. The predicted octanol–water partition coefficient (Wildman–Crippen LogP) is 1.12. The van der Waals surface area contributed by atoms with Gasteiger partial charge in [-0.15, -0.1) is 4.65 Å². The van der Waals surface area contributed by atoms with Crippen LogP contribution in [-0.4, -0.2) is 31.3 Å². The van der Waals surface area contributed by atoms with Gasteiger partial charge in [0, 0.05) is 6.08 Å². The zero-order valence-electron chi connectivity index (χ0n) is 7.63. The van der Waals surface area contributed by atoms with Crippen molar-refractivity contribution < 1.29 is 14.3 Å². The van der Waals surface area contributed by atoms with Crippen molar-refractivity contribution in [2.45, 2.75) is 13.8 Å². The van der Waals surface area contributed by atoms with E-state index in [1.54, 1.807) is 13.0 Å². The normalized spacial score (nSPS) is 12.0. The molecular weight excluding hydrogens is 142 g/mol. The van der Waals surface area contributed by atoms with Crippen molar-refractivity contribution in [1.29, 1.82) is 0 Å². The van der Waals surface area contributed by atoms with Crippen LogP contribution in [0.5, 0.6) is 0 Å². The van der Waals surface area contributed by atoms with E-state index in [0.29, 0.717) is 0 Å². The maximum absolute atomic E-state index is 10.9. The quantitative estimate of drug-likeness (QED) is 0.349. The van der Waals surface area contributed by atoms with Crippen LogP contribution in [0.25, 0.3) is 0 Å². The molecule has 0 radical (unpaired) electrons. The molecule has 0 spiro atoms. The fraction of sp³-hybridized carbons (Fsp3) is 0.625. The molecule has 0 aliphatic carbocycles. The lowest BCUT2D eigenvalue weighted by Gasteiger charge is -2.23. The van der Waals surface area contributed by atoms with E-state index in [2.05, 4.69) is 0 Å². The minimum Gasteiger partial charge on any atom is -0.272 e. The number of hydrogen-bond acceptors (Lipinski definition) is 2. The maximum Gasteiger partial charge on any atom is 0.389 e. The molecule has 0 aromatic heterocycles. The highest BCUT2D eigenvalue weighted by Crippen LogP contribution is 1.98. The first-order valence-electron chi connectivity index (χ1n) is 3.71. The smallest absolute Gasteiger partial charge is 0.272 e. The molecule has 0 N–H and O–H groups in total. The third kappa shape index (κ3) is 4.56. The van der Waals surface area contributed by atoms with E-state index < -0.39 is 0 Å². The summed E-state index contributed by atoms with van der Waals surface area (Å²) in [7, 11) is 3.67. The molecule has 0 rings (SSSR count). The van der Waals surface area contributed by atoms with E-state index in [9.17, 15) is 4.79 Å². The molecule has 0 aromatic carbocycles. The van der Waals surface area contributed by atoms with E-state index >= 15 is 0 Å². The largest absolute Gasteiger partial charge is 0.389 e. The van der Waals surface area contributed by atoms with Crippen molar-refractivity contribution in [3.05, 3.63) is 12.2 Å². The lowest BCUT2D eigenvalue weighted by atomic mass is 10.5. The molecule has 3 heteroatoms. The van der Waals surface area contributed by atoms with Gasteiger partial charge in [0.2, 0.25) is 0 Å². The average Bonchev–Trinajstić information content (AvgIpc) is 1.87. The molecule has 0 saturated carbocycles. The van der Waals surface area contributed by atoms with Crippen LogP contribution in [-0.2, 0) is 9.63 Å². The predicted molar refractivity (Wildman–Crippen MR) is 43.6 cm³/mol. The Bertz CT molecular complexity index is 161. The van der Waals surface area contributed by atoms with Gasteiger partial charge >= 0.3 is 5.97 Å². The monoisotopic (exact) mass is 158 g/mol. The summed E-state index contributed by atoms with van der Waals surface area (Å²) >= 11 is 0. The number of carbonyl (C=O) groups is 1. The molecule has 11 heavy (non-hydrogen) atoms. The van der Waals surface area contributed by atoms with Gasteiger partial charge in [-0.05, 0) is 13.8 Å². The van der Waals surface area contributed by atoms with Crippen molar-refractivity contribution in [2.24, 2.45) is 0 Å². The fourth-order valence-electron chi connectivity index (χ4n) is 0.475. The summed E-state index contributed by atoms with van der Waals surface area (Å²) in [5, 5.41) is 0. The first kappa shape index (κ1) is 10.2. The Morgan fingerprint density at radius 2 is 2.09 bits per heavy atom. The van der Waals surface area contributed by atoms with Gasteiger partial charge in [-0.3, -0.25) is 4.84 Å². The van der Waals surface area contributed by atoms with E-state index in [-0.39, 0.29) is 10.6 Å². The summed E-state index contributed by atoms with van der Waals surface area (Å²) in [6.07, 6.45) is 3.08. The van der Waals surface area contributed by atoms with Gasteiger partial charge < -0.3 is 0 Å². The number of carbonyl (C=O) groups excluding carboxylic acids is 1. The molecule has 0 bridgehead atoms. The Morgan fingerprint density at radius 3 is 2.45 bits per heavy atom. The Kier molecular flexibility index (Phi) is 3.82. The standard InChI is InChI=1S/C8H16NO2/c1-5-7-8(10)11-9(3,4)6-2/h5,7H,6H2,1-4H3/q+1. The number of quaternary nitrogens is 1. The van der Waals surface area contributed by atoms with Gasteiger partial charge in [0.05, 0.1) is 0 Å². The molecule has 64 valence electrons. The van der Waals surface area contributed by atoms with Crippen LogP contribution >= 0.6 is 0 Å². The van der Waals surface area contributed by atoms with Crippen LogP contribution in [0.3, 0.4) is 0 Å². The highest BCUT2D eigenvalue weighted by Gasteiger charge is 2.16. The Balaban J connectivity index is 3.93.